The van der Waals surface area contributed by atoms with E-state index < -0.39 is 0 Å². The minimum absolute atomic E-state index is 0.0205. The summed E-state index contributed by atoms with van der Waals surface area (Å²) in [7, 11) is 0. The van der Waals surface area contributed by atoms with Gasteiger partial charge in [0.05, 0.1) is 11.6 Å². The Bertz CT molecular complexity index is 1470. The standard InChI is InChI=1S/C28H28ClN3O3/c29-20-5-6-25-22(13-20)26(33)19(17-35-25)16-32-11-8-28(9-12-32)14-23(28)27(34)30-10-7-18-15-31-24-4-2-1-3-21(18)24/h1-6,13,15,17,23,31H,7-12,14,16H2,(H,30,34). The lowest BCUT2D eigenvalue weighted by atomic mass is 9.90. The van der Waals surface area contributed by atoms with E-state index in [2.05, 4.69) is 27.3 Å². The summed E-state index contributed by atoms with van der Waals surface area (Å²) in [5, 5.41) is 5.44. The van der Waals surface area contributed by atoms with Gasteiger partial charge in [-0.05, 0) is 74.0 Å². The number of benzene rings is 2. The van der Waals surface area contributed by atoms with E-state index in [0.29, 0.717) is 34.6 Å². The molecule has 6 nitrogen and oxygen atoms in total. The largest absolute Gasteiger partial charge is 0.464 e. The Morgan fingerprint density at radius 2 is 1.97 bits per heavy atom. The van der Waals surface area contributed by atoms with E-state index in [0.717, 1.165) is 44.3 Å². The van der Waals surface area contributed by atoms with Crippen molar-refractivity contribution in [3.8, 4) is 0 Å². The number of nitrogens with one attached hydrogen (secondary N) is 2. The first-order valence-electron chi connectivity index (χ1n) is 12.3. The number of halogens is 1. The highest BCUT2D eigenvalue weighted by Crippen LogP contribution is 2.59. The normalized spacial score (nSPS) is 19.4. The fourth-order valence-electron chi connectivity index (χ4n) is 5.70. The van der Waals surface area contributed by atoms with Crippen molar-refractivity contribution in [2.75, 3.05) is 19.6 Å². The lowest BCUT2D eigenvalue weighted by Gasteiger charge is -2.32. The third-order valence-corrected chi connectivity index (χ3v) is 8.16. The zero-order valence-corrected chi connectivity index (χ0v) is 20.2. The van der Waals surface area contributed by atoms with Crippen LogP contribution in [0.5, 0.6) is 0 Å². The van der Waals surface area contributed by atoms with Gasteiger partial charge in [0.15, 0.2) is 5.43 Å². The minimum atomic E-state index is -0.0205. The van der Waals surface area contributed by atoms with Crippen molar-refractivity contribution in [2.45, 2.75) is 32.2 Å². The zero-order valence-electron chi connectivity index (χ0n) is 19.5. The molecule has 2 fully saturated rings. The molecule has 1 aliphatic carbocycles. The van der Waals surface area contributed by atoms with Crippen molar-refractivity contribution < 1.29 is 9.21 Å². The quantitative estimate of drug-likeness (QED) is 0.404. The summed E-state index contributed by atoms with van der Waals surface area (Å²) in [4.78, 5) is 31.3. The second kappa shape index (κ2) is 8.85. The Morgan fingerprint density at radius 3 is 2.83 bits per heavy atom. The van der Waals surface area contributed by atoms with Crippen LogP contribution in [-0.2, 0) is 17.8 Å². The maximum atomic E-state index is 12.9. The highest BCUT2D eigenvalue weighted by Gasteiger charge is 2.58. The van der Waals surface area contributed by atoms with Crippen LogP contribution in [0.3, 0.4) is 0 Å². The van der Waals surface area contributed by atoms with E-state index in [-0.39, 0.29) is 22.7 Å². The molecule has 7 heteroatoms. The summed E-state index contributed by atoms with van der Waals surface area (Å²) in [5.74, 6) is 0.297. The molecule has 4 aromatic rings. The van der Waals surface area contributed by atoms with E-state index in [4.69, 9.17) is 16.0 Å². The fraction of sp³-hybridized carbons (Fsp3) is 0.357. The molecule has 180 valence electrons. The molecule has 1 spiro atoms. The van der Waals surface area contributed by atoms with Gasteiger partial charge in [0, 0.05) is 46.7 Å². The second-order valence-corrected chi connectivity index (χ2v) is 10.5. The summed E-state index contributed by atoms with van der Waals surface area (Å²) in [6.07, 6.45) is 7.37. The van der Waals surface area contributed by atoms with Crippen LogP contribution in [0.15, 0.2) is 64.1 Å². The topological polar surface area (TPSA) is 78.3 Å². The van der Waals surface area contributed by atoms with Crippen molar-refractivity contribution in [3.63, 3.8) is 0 Å². The smallest absolute Gasteiger partial charge is 0.223 e. The van der Waals surface area contributed by atoms with Gasteiger partial charge in [-0.25, -0.2) is 0 Å². The lowest BCUT2D eigenvalue weighted by Crippen LogP contribution is -2.37. The summed E-state index contributed by atoms with van der Waals surface area (Å²) in [5.41, 5.74) is 3.68. The molecule has 0 radical (unpaired) electrons. The van der Waals surface area contributed by atoms with Gasteiger partial charge in [-0.2, -0.15) is 0 Å². The van der Waals surface area contributed by atoms with Gasteiger partial charge in [-0.1, -0.05) is 29.8 Å². The first-order chi connectivity index (χ1) is 17.0. The summed E-state index contributed by atoms with van der Waals surface area (Å²) >= 11 is 6.07. The molecular weight excluding hydrogens is 462 g/mol. The summed E-state index contributed by atoms with van der Waals surface area (Å²) in [6.45, 7) is 2.97. The number of aromatic amines is 1. The molecule has 2 aromatic heterocycles. The number of hydrogen-bond donors (Lipinski definition) is 2. The number of likely N-dealkylation sites (tertiary alicyclic amines) is 1. The molecule has 1 aliphatic heterocycles. The van der Waals surface area contributed by atoms with Crippen LogP contribution in [0.2, 0.25) is 5.02 Å². The molecule has 1 saturated carbocycles. The Morgan fingerprint density at radius 1 is 1.14 bits per heavy atom. The molecule has 1 unspecified atom stereocenters. The number of para-hydroxylation sites is 1. The predicted octanol–water partition coefficient (Wildman–Crippen LogP) is 4.89. The molecule has 3 heterocycles. The van der Waals surface area contributed by atoms with Gasteiger partial charge >= 0.3 is 0 Å². The van der Waals surface area contributed by atoms with Crippen LogP contribution < -0.4 is 10.7 Å². The van der Waals surface area contributed by atoms with Crippen LogP contribution in [0.25, 0.3) is 21.9 Å². The highest BCUT2D eigenvalue weighted by atomic mass is 35.5. The number of H-pyrrole nitrogens is 1. The molecular formula is C28H28ClN3O3. The second-order valence-electron chi connectivity index (χ2n) is 10.0. The minimum Gasteiger partial charge on any atom is -0.464 e. The molecule has 35 heavy (non-hydrogen) atoms. The van der Waals surface area contributed by atoms with Gasteiger partial charge in [0.2, 0.25) is 5.91 Å². The zero-order chi connectivity index (χ0) is 24.0. The van der Waals surface area contributed by atoms with Crippen LogP contribution in [0, 0.1) is 11.3 Å². The maximum absolute atomic E-state index is 12.9. The van der Waals surface area contributed by atoms with Gasteiger partial charge in [-0.15, -0.1) is 0 Å². The predicted molar refractivity (Wildman–Crippen MR) is 138 cm³/mol. The van der Waals surface area contributed by atoms with E-state index in [1.165, 1.54) is 10.9 Å². The van der Waals surface area contributed by atoms with Crippen molar-refractivity contribution in [1.29, 1.82) is 0 Å². The van der Waals surface area contributed by atoms with E-state index in [9.17, 15) is 9.59 Å². The molecule has 2 N–H and O–H groups in total. The van der Waals surface area contributed by atoms with Crippen LogP contribution in [0.4, 0.5) is 0 Å². The summed E-state index contributed by atoms with van der Waals surface area (Å²) < 4.78 is 5.67. The van der Waals surface area contributed by atoms with Crippen LogP contribution in [0.1, 0.15) is 30.4 Å². The molecule has 1 atom stereocenters. The lowest BCUT2D eigenvalue weighted by molar-refractivity contribution is -0.123. The number of carbonyl (C=O) groups is 1. The van der Waals surface area contributed by atoms with Crippen molar-refractivity contribution in [1.82, 2.24) is 15.2 Å². The fourth-order valence-corrected chi connectivity index (χ4v) is 5.88. The molecule has 2 aliphatic rings. The van der Waals surface area contributed by atoms with Gasteiger partial charge in [-0.3, -0.25) is 14.5 Å². The van der Waals surface area contributed by atoms with Crippen molar-refractivity contribution >= 4 is 39.4 Å². The van der Waals surface area contributed by atoms with E-state index in [1.54, 1.807) is 24.5 Å². The number of aromatic nitrogens is 1. The Kier molecular flexibility index (Phi) is 5.66. The first kappa shape index (κ1) is 22.4. The number of piperidine rings is 1. The van der Waals surface area contributed by atoms with Gasteiger partial charge in [0.25, 0.3) is 0 Å². The number of rotatable bonds is 6. The molecule has 1 amide bonds. The maximum Gasteiger partial charge on any atom is 0.223 e. The van der Waals surface area contributed by atoms with Gasteiger partial charge < -0.3 is 14.7 Å². The summed E-state index contributed by atoms with van der Waals surface area (Å²) in [6, 6.07) is 13.4. The number of amides is 1. The number of fused-ring (bicyclic) bond motifs is 2. The van der Waals surface area contributed by atoms with E-state index in [1.807, 2.05) is 18.3 Å². The van der Waals surface area contributed by atoms with E-state index >= 15 is 0 Å². The first-order valence-corrected chi connectivity index (χ1v) is 12.7. The Labute approximate surface area is 208 Å². The number of hydrogen-bond acceptors (Lipinski definition) is 4. The van der Waals surface area contributed by atoms with Gasteiger partial charge in [0.1, 0.15) is 5.58 Å². The third-order valence-electron chi connectivity index (χ3n) is 7.93. The average Bonchev–Trinajstić information content (AvgIpc) is 3.42. The Hall–Kier alpha value is -3.09. The van der Waals surface area contributed by atoms with Crippen molar-refractivity contribution in [3.05, 3.63) is 81.3 Å². The molecule has 2 aromatic carbocycles. The van der Waals surface area contributed by atoms with Crippen LogP contribution >= 0.6 is 11.6 Å². The third kappa shape index (κ3) is 4.26. The monoisotopic (exact) mass is 489 g/mol. The number of nitrogens with zero attached hydrogens (tertiary/aromatic N) is 1. The molecule has 0 bridgehead atoms. The average molecular weight is 490 g/mol. The number of carbonyl (C=O) groups excluding carboxylic acids is 1. The van der Waals surface area contributed by atoms with Crippen LogP contribution in [-0.4, -0.2) is 35.4 Å². The SMILES string of the molecule is O=C(NCCc1c[nH]c2ccccc12)C1CC12CCN(Cc1coc3ccc(Cl)cc3c1=O)CC2. The molecule has 6 rings (SSSR count). The molecule has 1 saturated heterocycles. The van der Waals surface area contributed by atoms with Crippen molar-refractivity contribution in [2.24, 2.45) is 11.3 Å². The highest BCUT2D eigenvalue weighted by molar-refractivity contribution is 6.31. The Balaban J connectivity index is 1.01.